The third-order valence-corrected chi connectivity index (χ3v) is 6.77. The predicted octanol–water partition coefficient (Wildman–Crippen LogP) is 0.768. The number of rotatable bonds is 3. The normalized spacial score (nSPS) is 46.6. The van der Waals surface area contributed by atoms with Crippen LogP contribution in [0.4, 0.5) is 8.78 Å². The molecule has 116 valence electrons. The van der Waals surface area contributed by atoms with Crippen LogP contribution in [0.25, 0.3) is 0 Å². The molecular weight excluding hydrogens is 310 g/mol. The number of hydrogen-bond acceptors (Lipinski definition) is 5. The monoisotopic (exact) mass is 322 g/mol. The second-order valence-electron chi connectivity index (χ2n) is 6.70. The maximum absolute atomic E-state index is 13.3. The molecule has 4 fully saturated rings. The van der Waals surface area contributed by atoms with E-state index in [1.54, 1.807) is 0 Å². The highest BCUT2D eigenvalue weighted by atomic mass is 32.2. The highest BCUT2D eigenvalue weighted by Gasteiger charge is 2.83. The molecule has 9 heteroatoms. The standard InChI is InChI=1S/C12H12F2O6S/c13-12(14,21(17,18)19)9(16)20-10-2-5-1-6-8(15)7(3-10)11(5,6)4-10/h5-7H,1-4H2,(H,17,18,19)/t5?,6-,7?,10?,11?/m1/s1. The van der Waals surface area contributed by atoms with Crippen LogP contribution >= 0.6 is 0 Å². The van der Waals surface area contributed by atoms with Crippen molar-refractivity contribution in [1.29, 1.82) is 0 Å². The van der Waals surface area contributed by atoms with Crippen molar-refractivity contribution in [2.24, 2.45) is 23.2 Å². The van der Waals surface area contributed by atoms with Crippen LogP contribution in [-0.2, 0) is 24.4 Å². The van der Waals surface area contributed by atoms with E-state index in [1.807, 2.05) is 0 Å². The van der Waals surface area contributed by atoms with Gasteiger partial charge in [0.2, 0.25) is 0 Å². The summed E-state index contributed by atoms with van der Waals surface area (Å²) in [5.74, 6) is -2.26. The summed E-state index contributed by atoms with van der Waals surface area (Å²) in [6, 6.07) is 0. The van der Waals surface area contributed by atoms with Gasteiger partial charge in [0, 0.05) is 11.8 Å². The van der Waals surface area contributed by atoms with Crippen molar-refractivity contribution < 1.29 is 36.1 Å². The number of carbonyl (C=O) groups is 2. The Morgan fingerprint density at radius 2 is 2.00 bits per heavy atom. The van der Waals surface area contributed by atoms with Crippen LogP contribution in [0.5, 0.6) is 0 Å². The van der Waals surface area contributed by atoms with Crippen LogP contribution in [0.1, 0.15) is 25.7 Å². The van der Waals surface area contributed by atoms with Gasteiger partial charge in [0.25, 0.3) is 0 Å². The molecule has 5 atom stereocenters. The molecule has 0 aromatic heterocycles. The number of Topliss-reactive ketones (excluding diaryl/α,β-unsaturated/α-hetero) is 1. The first kappa shape index (κ1) is 13.6. The average Bonchev–Trinajstić information content (AvgIpc) is 2.80. The number of carbonyl (C=O) groups excluding carboxylic acids is 2. The molecule has 1 spiro atoms. The highest BCUT2D eigenvalue weighted by Crippen LogP contribution is 2.81. The molecule has 4 unspecified atom stereocenters. The summed E-state index contributed by atoms with van der Waals surface area (Å²) in [5, 5.41) is -4.98. The van der Waals surface area contributed by atoms with E-state index >= 15 is 0 Å². The number of alkyl halides is 2. The van der Waals surface area contributed by atoms with Gasteiger partial charge < -0.3 is 4.74 Å². The van der Waals surface area contributed by atoms with E-state index in [0.717, 1.165) is 0 Å². The van der Waals surface area contributed by atoms with Gasteiger partial charge in [-0.15, -0.1) is 0 Å². The minimum Gasteiger partial charge on any atom is -0.454 e. The molecule has 1 N–H and O–H groups in total. The van der Waals surface area contributed by atoms with E-state index in [0.29, 0.717) is 19.3 Å². The highest BCUT2D eigenvalue weighted by molar-refractivity contribution is 7.87. The third-order valence-electron chi connectivity index (χ3n) is 5.96. The molecule has 0 radical (unpaired) electrons. The number of ether oxygens (including phenoxy) is 1. The van der Waals surface area contributed by atoms with Crippen molar-refractivity contribution in [3.8, 4) is 0 Å². The van der Waals surface area contributed by atoms with Gasteiger partial charge in [-0.3, -0.25) is 9.35 Å². The lowest BCUT2D eigenvalue weighted by Gasteiger charge is -2.64. The van der Waals surface area contributed by atoms with Crippen LogP contribution in [0.15, 0.2) is 0 Å². The molecule has 4 aliphatic rings. The van der Waals surface area contributed by atoms with Crippen LogP contribution in [-0.4, -0.2) is 35.6 Å². The van der Waals surface area contributed by atoms with Crippen molar-refractivity contribution >= 4 is 21.9 Å². The zero-order valence-corrected chi connectivity index (χ0v) is 11.5. The van der Waals surface area contributed by atoms with E-state index in [-0.39, 0.29) is 35.4 Å². The van der Waals surface area contributed by atoms with Gasteiger partial charge in [-0.2, -0.15) is 17.2 Å². The summed E-state index contributed by atoms with van der Waals surface area (Å²) in [6.07, 6.45) is 1.62. The first-order valence-corrected chi connectivity index (χ1v) is 8.10. The fourth-order valence-corrected chi connectivity index (χ4v) is 5.46. The molecule has 0 saturated heterocycles. The van der Waals surface area contributed by atoms with E-state index in [2.05, 4.69) is 0 Å². The lowest BCUT2D eigenvalue weighted by Crippen LogP contribution is -2.66. The van der Waals surface area contributed by atoms with E-state index < -0.39 is 26.9 Å². The minimum atomic E-state index is -5.87. The predicted molar refractivity (Wildman–Crippen MR) is 61.7 cm³/mol. The van der Waals surface area contributed by atoms with Crippen molar-refractivity contribution in [2.45, 2.75) is 36.5 Å². The Bertz CT molecular complexity index is 688. The van der Waals surface area contributed by atoms with Gasteiger partial charge in [0.1, 0.15) is 11.4 Å². The quantitative estimate of drug-likeness (QED) is 0.609. The molecule has 6 nitrogen and oxygen atoms in total. The van der Waals surface area contributed by atoms with Crippen molar-refractivity contribution in [2.75, 3.05) is 0 Å². The lowest BCUT2D eigenvalue weighted by atomic mass is 9.38. The largest absolute Gasteiger partial charge is 0.465 e. The fraction of sp³-hybridized carbons (Fsp3) is 0.833. The van der Waals surface area contributed by atoms with Gasteiger partial charge in [0.05, 0.1) is 0 Å². The van der Waals surface area contributed by atoms with Crippen molar-refractivity contribution in [3.05, 3.63) is 0 Å². The van der Waals surface area contributed by atoms with Gasteiger partial charge in [0.15, 0.2) is 0 Å². The second-order valence-corrected chi connectivity index (χ2v) is 8.16. The molecule has 4 rings (SSSR count). The summed E-state index contributed by atoms with van der Waals surface area (Å²) in [7, 11) is -5.87. The Morgan fingerprint density at radius 1 is 1.33 bits per heavy atom. The summed E-state index contributed by atoms with van der Waals surface area (Å²) >= 11 is 0. The number of halogens is 2. The molecule has 21 heavy (non-hydrogen) atoms. The van der Waals surface area contributed by atoms with E-state index in [1.165, 1.54) is 0 Å². The molecule has 0 heterocycles. The molecular formula is C12H12F2O6S. The second kappa shape index (κ2) is 3.29. The number of hydrogen-bond donors (Lipinski definition) is 1. The zero-order valence-electron chi connectivity index (χ0n) is 10.7. The van der Waals surface area contributed by atoms with Gasteiger partial charge in [-0.1, -0.05) is 0 Å². The molecule has 0 amide bonds. The van der Waals surface area contributed by atoms with E-state index in [9.17, 15) is 26.8 Å². The van der Waals surface area contributed by atoms with Gasteiger partial charge in [-0.05, 0) is 37.0 Å². The van der Waals surface area contributed by atoms with Crippen LogP contribution in [0.2, 0.25) is 0 Å². The zero-order chi connectivity index (χ0) is 15.4. The molecule has 0 aromatic carbocycles. The van der Waals surface area contributed by atoms with Crippen molar-refractivity contribution in [1.82, 2.24) is 0 Å². The molecule has 4 aliphatic carbocycles. The molecule has 0 aliphatic heterocycles. The molecule has 2 bridgehead atoms. The van der Waals surface area contributed by atoms with E-state index in [4.69, 9.17) is 9.29 Å². The van der Waals surface area contributed by atoms with Gasteiger partial charge >= 0.3 is 21.3 Å². The first-order valence-electron chi connectivity index (χ1n) is 6.66. The lowest BCUT2D eigenvalue weighted by molar-refractivity contribution is -0.195. The Labute approximate surface area is 118 Å². The number of fused-ring (bicyclic) bond motifs is 1. The number of esters is 1. The third kappa shape index (κ3) is 1.28. The SMILES string of the molecule is O=C1C2CC3(OC(=O)C(F)(F)S(=O)(=O)O)CC4C[C@H]1C42C3. The first-order chi connectivity index (χ1) is 9.54. The Kier molecular flexibility index (Phi) is 2.13. The van der Waals surface area contributed by atoms with Crippen LogP contribution in [0.3, 0.4) is 0 Å². The maximum Gasteiger partial charge on any atom is 0.465 e. The van der Waals surface area contributed by atoms with Crippen LogP contribution in [0, 0.1) is 23.2 Å². The van der Waals surface area contributed by atoms with Gasteiger partial charge in [-0.25, -0.2) is 4.79 Å². The maximum atomic E-state index is 13.3. The summed E-state index contributed by atoms with van der Waals surface area (Å²) < 4.78 is 61.1. The molecule has 4 saturated carbocycles. The molecule has 0 aromatic rings. The summed E-state index contributed by atoms with van der Waals surface area (Å²) in [5.41, 5.74) is -1.38. The summed E-state index contributed by atoms with van der Waals surface area (Å²) in [6.45, 7) is 0. The average molecular weight is 322 g/mol. The smallest absolute Gasteiger partial charge is 0.454 e. The Balaban J connectivity index is 1.60. The fourth-order valence-electron chi connectivity index (χ4n) is 5.21. The number of ketones is 1. The van der Waals surface area contributed by atoms with Crippen molar-refractivity contribution in [3.63, 3.8) is 0 Å². The minimum absolute atomic E-state index is 0.0438. The Hall–Kier alpha value is -1.09. The summed E-state index contributed by atoms with van der Waals surface area (Å²) in [4.78, 5) is 23.3. The van der Waals surface area contributed by atoms with Crippen LogP contribution < -0.4 is 0 Å². The topological polar surface area (TPSA) is 97.7 Å². The Morgan fingerprint density at radius 3 is 2.57 bits per heavy atom.